The Kier molecular flexibility index (Phi) is 5.96. The lowest BCUT2D eigenvalue weighted by molar-refractivity contribution is 0.0669. The maximum Gasteiger partial charge on any atom is 0.255 e. The molecule has 0 radical (unpaired) electrons. The van der Waals surface area contributed by atoms with Crippen LogP contribution in [0.2, 0.25) is 0 Å². The summed E-state index contributed by atoms with van der Waals surface area (Å²) in [5.41, 5.74) is 2.82. The molecule has 0 N–H and O–H groups in total. The fourth-order valence-corrected chi connectivity index (χ4v) is 4.13. The number of benzene rings is 2. The van der Waals surface area contributed by atoms with Crippen LogP contribution in [0.15, 0.2) is 78.4 Å². The van der Waals surface area contributed by atoms with Crippen molar-refractivity contribution >= 4 is 28.1 Å². The monoisotopic (exact) mass is 401 g/mol. The molecule has 4 nitrogen and oxygen atoms in total. The number of amides is 1. The quantitative estimate of drug-likeness (QED) is 0.419. The predicted octanol–water partition coefficient (Wildman–Crippen LogP) is 5.36. The van der Waals surface area contributed by atoms with Crippen molar-refractivity contribution in [3.05, 3.63) is 94.6 Å². The second-order valence-electron chi connectivity index (χ2n) is 7.11. The molecule has 2 aromatic carbocycles. The van der Waals surface area contributed by atoms with Crippen LogP contribution in [-0.4, -0.2) is 26.8 Å². The van der Waals surface area contributed by atoms with Gasteiger partial charge in [-0.05, 0) is 37.5 Å². The number of hydrogen-bond donors (Lipinski definition) is 0. The van der Waals surface area contributed by atoms with E-state index in [0.717, 1.165) is 28.8 Å². The average molecular weight is 402 g/mol. The highest BCUT2D eigenvalue weighted by molar-refractivity contribution is 7.09. The number of nitrogens with zero attached hydrogens (tertiary/aromatic N) is 3. The molecule has 0 unspecified atom stereocenters. The van der Waals surface area contributed by atoms with Gasteiger partial charge in [-0.2, -0.15) is 0 Å². The molecular formula is C24H23N3OS. The van der Waals surface area contributed by atoms with Crippen molar-refractivity contribution in [1.82, 2.24) is 14.9 Å². The number of thiazole rings is 1. The molecule has 1 amide bonds. The molecule has 0 aliphatic heterocycles. The summed E-state index contributed by atoms with van der Waals surface area (Å²) in [5, 5.41) is 3.79. The number of rotatable bonds is 7. The van der Waals surface area contributed by atoms with Gasteiger partial charge in [0.15, 0.2) is 0 Å². The maximum atomic E-state index is 13.6. The number of hydrogen-bond acceptors (Lipinski definition) is 4. The molecule has 0 spiro atoms. The van der Waals surface area contributed by atoms with Gasteiger partial charge in [0, 0.05) is 29.2 Å². The summed E-state index contributed by atoms with van der Waals surface area (Å²) in [6.45, 7) is 2.64. The Bertz CT molecular complexity index is 1070. The van der Waals surface area contributed by atoms with Gasteiger partial charge in [-0.1, -0.05) is 48.5 Å². The van der Waals surface area contributed by atoms with Gasteiger partial charge in [0.2, 0.25) is 0 Å². The van der Waals surface area contributed by atoms with E-state index in [0.29, 0.717) is 12.1 Å². The molecule has 146 valence electrons. The Morgan fingerprint density at radius 1 is 1.00 bits per heavy atom. The van der Waals surface area contributed by atoms with E-state index in [4.69, 9.17) is 0 Å². The third-order valence-corrected chi connectivity index (χ3v) is 5.92. The Balaban J connectivity index is 1.61. The van der Waals surface area contributed by atoms with Gasteiger partial charge in [-0.25, -0.2) is 4.98 Å². The molecule has 0 fully saturated rings. The van der Waals surface area contributed by atoms with Gasteiger partial charge in [0.05, 0.1) is 17.6 Å². The number of fused-ring (bicyclic) bond motifs is 1. The largest absolute Gasteiger partial charge is 0.329 e. The van der Waals surface area contributed by atoms with Crippen molar-refractivity contribution in [2.75, 3.05) is 0 Å². The lowest BCUT2D eigenvalue weighted by Gasteiger charge is -2.29. The molecule has 0 aliphatic rings. The van der Waals surface area contributed by atoms with Crippen LogP contribution in [0.3, 0.4) is 0 Å². The van der Waals surface area contributed by atoms with Crippen molar-refractivity contribution in [1.29, 1.82) is 0 Å². The lowest BCUT2D eigenvalue weighted by atomic mass is 10.0. The van der Waals surface area contributed by atoms with E-state index in [1.54, 1.807) is 23.7 Å². The minimum Gasteiger partial charge on any atom is -0.329 e. The summed E-state index contributed by atoms with van der Waals surface area (Å²) in [7, 11) is 0. The lowest BCUT2D eigenvalue weighted by Crippen LogP contribution is -2.38. The average Bonchev–Trinajstić information content (AvgIpc) is 3.29. The van der Waals surface area contributed by atoms with Gasteiger partial charge >= 0.3 is 0 Å². The van der Waals surface area contributed by atoms with Crippen LogP contribution in [0.1, 0.15) is 34.3 Å². The zero-order chi connectivity index (χ0) is 20.1. The molecule has 2 heterocycles. The van der Waals surface area contributed by atoms with Crippen LogP contribution in [0, 0.1) is 0 Å². The van der Waals surface area contributed by atoms with Crippen molar-refractivity contribution in [3.63, 3.8) is 0 Å². The van der Waals surface area contributed by atoms with Gasteiger partial charge in [0.1, 0.15) is 5.01 Å². The van der Waals surface area contributed by atoms with E-state index in [1.165, 1.54) is 5.56 Å². The zero-order valence-corrected chi connectivity index (χ0v) is 17.2. The summed E-state index contributed by atoms with van der Waals surface area (Å²) in [5.74, 6) is 0.0272. The number of carbonyl (C=O) groups excluding carboxylic acids is 1. The maximum absolute atomic E-state index is 13.6. The predicted molar refractivity (Wildman–Crippen MR) is 118 cm³/mol. The fourth-order valence-electron chi connectivity index (χ4n) is 3.52. The van der Waals surface area contributed by atoms with Crippen LogP contribution in [0.5, 0.6) is 0 Å². The Morgan fingerprint density at radius 2 is 1.79 bits per heavy atom. The first-order chi connectivity index (χ1) is 14.2. The second-order valence-corrected chi connectivity index (χ2v) is 8.09. The van der Waals surface area contributed by atoms with Crippen molar-refractivity contribution in [2.45, 2.75) is 32.4 Å². The van der Waals surface area contributed by atoms with Crippen LogP contribution in [-0.2, 0) is 13.0 Å². The van der Waals surface area contributed by atoms with Crippen molar-refractivity contribution < 1.29 is 4.79 Å². The Hall–Kier alpha value is -3.05. The smallest absolute Gasteiger partial charge is 0.255 e. The molecule has 0 saturated heterocycles. The van der Waals surface area contributed by atoms with E-state index < -0.39 is 0 Å². The van der Waals surface area contributed by atoms with Crippen molar-refractivity contribution in [3.8, 4) is 0 Å². The number of para-hydroxylation sites is 1. The normalized spacial score (nSPS) is 12.0. The molecule has 4 aromatic rings. The molecule has 0 aliphatic carbocycles. The highest BCUT2D eigenvalue weighted by Crippen LogP contribution is 2.22. The molecule has 1 atom stereocenters. The highest BCUT2D eigenvalue weighted by atomic mass is 32.1. The molecule has 2 aromatic heterocycles. The van der Waals surface area contributed by atoms with E-state index in [-0.39, 0.29) is 11.9 Å². The second kappa shape index (κ2) is 8.97. The van der Waals surface area contributed by atoms with Crippen LogP contribution in [0.25, 0.3) is 10.9 Å². The number of aryl methyl sites for hydroxylation is 1. The zero-order valence-electron chi connectivity index (χ0n) is 16.4. The van der Waals surface area contributed by atoms with E-state index >= 15 is 0 Å². The number of carbonyl (C=O) groups is 1. The first kappa shape index (κ1) is 19.3. The summed E-state index contributed by atoms with van der Waals surface area (Å²) in [6, 6.07) is 20.1. The first-order valence-corrected chi connectivity index (χ1v) is 10.7. The molecule has 29 heavy (non-hydrogen) atoms. The summed E-state index contributed by atoms with van der Waals surface area (Å²) in [6.07, 6.45) is 5.33. The Morgan fingerprint density at radius 3 is 2.59 bits per heavy atom. The molecule has 5 heteroatoms. The van der Waals surface area contributed by atoms with Gasteiger partial charge in [-0.3, -0.25) is 9.78 Å². The van der Waals surface area contributed by atoms with Gasteiger partial charge in [-0.15, -0.1) is 11.3 Å². The Labute approximate surface area is 174 Å². The minimum absolute atomic E-state index is 0.0272. The standard InChI is InChI=1S/C24H23N3OS/c1-18(11-12-19-7-3-2-4-8-19)27(17-23-26-15-16-29-23)24(28)21-13-14-25-22-10-6-5-9-20(21)22/h2-10,13-16,18H,11-12,17H2,1H3/t18-/m0/s1. The van der Waals surface area contributed by atoms with Crippen LogP contribution < -0.4 is 0 Å². The molecule has 0 bridgehead atoms. The van der Waals surface area contributed by atoms with Crippen LogP contribution >= 0.6 is 11.3 Å². The van der Waals surface area contributed by atoms with Gasteiger partial charge in [0.25, 0.3) is 5.91 Å². The SMILES string of the molecule is C[C@@H](CCc1ccccc1)N(Cc1nccs1)C(=O)c1ccnc2ccccc12. The van der Waals surface area contributed by atoms with Crippen LogP contribution in [0.4, 0.5) is 0 Å². The molecule has 0 saturated carbocycles. The minimum atomic E-state index is 0.0272. The van der Waals surface area contributed by atoms with Gasteiger partial charge < -0.3 is 4.90 Å². The topological polar surface area (TPSA) is 46.1 Å². The van der Waals surface area contributed by atoms with E-state index in [9.17, 15) is 4.79 Å². The molecular weight excluding hydrogens is 378 g/mol. The van der Waals surface area contributed by atoms with E-state index in [1.807, 2.05) is 46.7 Å². The summed E-state index contributed by atoms with van der Waals surface area (Å²) in [4.78, 5) is 24.4. The summed E-state index contributed by atoms with van der Waals surface area (Å²) < 4.78 is 0. The fraction of sp³-hybridized carbons (Fsp3) is 0.208. The highest BCUT2D eigenvalue weighted by Gasteiger charge is 2.24. The molecule has 4 rings (SSSR count). The third kappa shape index (κ3) is 4.51. The third-order valence-electron chi connectivity index (χ3n) is 5.16. The van der Waals surface area contributed by atoms with E-state index in [2.05, 4.69) is 41.2 Å². The number of pyridine rings is 1. The first-order valence-electron chi connectivity index (χ1n) is 9.79. The summed E-state index contributed by atoms with van der Waals surface area (Å²) >= 11 is 1.58. The number of aromatic nitrogens is 2. The van der Waals surface area contributed by atoms with Crippen molar-refractivity contribution in [2.24, 2.45) is 0 Å².